The number of rotatable bonds is 5. The average Bonchev–Trinajstić information content (AvgIpc) is 2.91. The maximum Gasteiger partial charge on any atom is 0.250 e. The summed E-state index contributed by atoms with van der Waals surface area (Å²) < 4.78 is 16.1. The number of carbonyl (C=O) groups is 1. The number of anilines is 1. The number of carbonyl (C=O) groups excluding carboxylic acids is 1. The lowest BCUT2D eigenvalue weighted by Gasteiger charge is -2.24. The lowest BCUT2D eigenvalue weighted by Crippen LogP contribution is -2.29. The lowest BCUT2D eigenvalue weighted by atomic mass is 9.93. The molecule has 1 aromatic heterocycles. The van der Waals surface area contributed by atoms with Gasteiger partial charge in [-0.3, -0.25) is 9.69 Å². The first-order valence-corrected chi connectivity index (χ1v) is 7.69. The molecule has 0 bridgehead atoms. The van der Waals surface area contributed by atoms with Gasteiger partial charge in [0, 0.05) is 0 Å². The summed E-state index contributed by atoms with van der Waals surface area (Å²) >= 11 is 0. The molecule has 1 aromatic carbocycles. The number of aryl methyl sites for hydroxylation is 1. The summed E-state index contributed by atoms with van der Waals surface area (Å²) in [4.78, 5) is 13.5. The van der Waals surface area contributed by atoms with E-state index in [0.717, 1.165) is 18.4 Å². The van der Waals surface area contributed by atoms with Crippen molar-refractivity contribution >= 4 is 11.6 Å². The molecule has 5 nitrogen and oxygen atoms in total. The van der Waals surface area contributed by atoms with Gasteiger partial charge in [-0.1, -0.05) is 17.9 Å². The molecule has 1 aliphatic carbocycles. The molecular weight excluding hydrogens is 295 g/mol. The zero-order valence-electron chi connectivity index (χ0n) is 13.1. The Morgan fingerprint density at radius 1 is 1.52 bits per heavy atom. The van der Waals surface area contributed by atoms with Crippen LogP contribution in [0.5, 0.6) is 0 Å². The summed E-state index contributed by atoms with van der Waals surface area (Å²) in [5, 5.41) is 8.23. The van der Waals surface area contributed by atoms with E-state index in [2.05, 4.69) is 16.9 Å². The van der Waals surface area contributed by atoms with Crippen LogP contribution in [-0.4, -0.2) is 20.9 Å². The van der Waals surface area contributed by atoms with Crippen molar-refractivity contribution in [3.05, 3.63) is 54.1 Å². The first-order chi connectivity index (χ1) is 11.1. The van der Waals surface area contributed by atoms with Crippen LogP contribution in [0, 0.1) is 12.7 Å². The number of hydrogen-bond donors (Lipinski definition) is 0. The van der Waals surface area contributed by atoms with Gasteiger partial charge in [0.05, 0.1) is 24.5 Å². The van der Waals surface area contributed by atoms with Gasteiger partial charge >= 0.3 is 0 Å². The lowest BCUT2D eigenvalue weighted by molar-refractivity contribution is -0.114. The zero-order valence-corrected chi connectivity index (χ0v) is 13.1. The van der Waals surface area contributed by atoms with E-state index in [4.69, 9.17) is 0 Å². The van der Waals surface area contributed by atoms with E-state index in [1.807, 2.05) is 10.9 Å². The summed E-state index contributed by atoms with van der Waals surface area (Å²) in [5.41, 5.74) is 1.65. The van der Waals surface area contributed by atoms with Crippen LogP contribution in [0.2, 0.25) is 0 Å². The quantitative estimate of drug-likeness (QED) is 0.797. The van der Waals surface area contributed by atoms with Crippen LogP contribution in [0.25, 0.3) is 0 Å². The molecule has 1 saturated carbocycles. The molecule has 23 heavy (non-hydrogen) atoms. The van der Waals surface area contributed by atoms with Gasteiger partial charge in [-0.15, -0.1) is 5.10 Å². The Labute approximate surface area is 134 Å². The van der Waals surface area contributed by atoms with Crippen molar-refractivity contribution < 1.29 is 9.18 Å². The highest BCUT2D eigenvalue weighted by atomic mass is 19.1. The minimum atomic E-state index is -0.438. The first kappa shape index (κ1) is 15.4. The number of halogens is 1. The maximum atomic E-state index is 14.2. The molecule has 6 heteroatoms. The van der Waals surface area contributed by atoms with Gasteiger partial charge in [0.15, 0.2) is 0 Å². The largest absolute Gasteiger partial charge is 0.300 e. The van der Waals surface area contributed by atoms with E-state index >= 15 is 0 Å². The van der Waals surface area contributed by atoms with Crippen LogP contribution in [0.3, 0.4) is 0 Å². The van der Waals surface area contributed by atoms with Crippen LogP contribution in [0.4, 0.5) is 10.1 Å². The third kappa shape index (κ3) is 3.16. The molecule has 0 radical (unpaired) electrons. The van der Waals surface area contributed by atoms with Gasteiger partial charge in [0.2, 0.25) is 0 Å². The molecule has 0 N–H and O–H groups in total. The monoisotopic (exact) mass is 314 g/mol. The van der Waals surface area contributed by atoms with Crippen LogP contribution >= 0.6 is 0 Å². The van der Waals surface area contributed by atoms with Gasteiger partial charge in [-0.2, -0.15) is 0 Å². The standard InChI is InChI=1S/C17H19FN4O/c1-3-17(23)21(16-8-7-12(2)9-15(16)18)10-13-11-22(20-19-13)14-5-4-6-14/h3,7-9,11,14H,1,4-6,10H2,2H3. The fraction of sp³-hybridized carbons (Fsp3) is 0.353. The topological polar surface area (TPSA) is 51.0 Å². The Bertz CT molecular complexity index is 736. The van der Waals surface area contributed by atoms with Crippen molar-refractivity contribution in [2.24, 2.45) is 0 Å². The van der Waals surface area contributed by atoms with Crippen LogP contribution in [0.15, 0.2) is 37.1 Å². The van der Waals surface area contributed by atoms with E-state index < -0.39 is 5.82 Å². The third-order valence-electron chi connectivity index (χ3n) is 4.16. The Kier molecular flexibility index (Phi) is 4.23. The molecule has 1 aliphatic rings. The van der Waals surface area contributed by atoms with Gasteiger partial charge in [-0.05, 0) is 50.0 Å². The molecule has 0 spiro atoms. The van der Waals surface area contributed by atoms with Crippen LogP contribution in [-0.2, 0) is 11.3 Å². The van der Waals surface area contributed by atoms with Crippen molar-refractivity contribution in [2.75, 3.05) is 4.90 Å². The van der Waals surface area contributed by atoms with Crippen LogP contribution < -0.4 is 4.90 Å². The highest BCUT2D eigenvalue weighted by Crippen LogP contribution is 2.30. The van der Waals surface area contributed by atoms with Crippen LogP contribution in [0.1, 0.15) is 36.6 Å². The Morgan fingerprint density at radius 3 is 2.91 bits per heavy atom. The Balaban J connectivity index is 1.85. The normalized spacial score (nSPS) is 14.3. The van der Waals surface area contributed by atoms with Crippen molar-refractivity contribution in [3.63, 3.8) is 0 Å². The minimum absolute atomic E-state index is 0.164. The van der Waals surface area contributed by atoms with Gasteiger partial charge in [0.25, 0.3) is 5.91 Å². The number of benzene rings is 1. The SMILES string of the molecule is C=CC(=O)N(Cc1cn(C2CCC2)nn1)c1ccc(C)cc1F. The van der Waals surface area contributed by atoms with Crippen molar-refractivity contribution in [3.8, 4) is 0 Å². The fourth-order valence-corrected chi connectivity index (χ4v) is 2.60. The first-order valence-electron chi connectivity index (χ1n) is 7.69. The second kappa shape index (κ2) is 6.32. The number of nitrogens with zero attached hydrogens (tertiary/aromatic N) is 4. The molecule has 3 rings (SSSR count). The summed E-state index contributed by atoms with van der Waals surface area (Å²) in [6.45, 7) is 5.46. The number of amides is 1. The summed E-state index contributed by atoms with van der Waals surface area (Å²) in [6, 6.07) is 5.18. The van der Waals surface area contributed by atoms with Gasteiger partial charge in [-0.25, -0.2) is 9.07 Å². The molecule has 0 saturated heterocycles. The van der Waals surface area contributed by atoms with E-state index in [-0.39, 0.29) is 18.1 Å². The summed E-state index contributed by atoms with van der Waals surface area (Å²) in [5.74, 6) is -0.808. The number of hydrogen-bond acceptors (Lipinski definition) is 3. The predicted octanol–water partition coefficient (Wildman–Crippen LogP) is 3.17. The Morgan fingerprint density at radius 2 is 2.30 bits per heavy atom. The van der Waals surface area contributed by atoms with Crippen molar-refractivity contribution in [2.45, 2.75) is 38.8 Å². The van der Waals surface area contributed by atoms with E-state index in [9.17, 15) is 9.18 Å². The maximum absolute atomic E-state index is 14.2. The Hall–Kier alpha value is -2.50. The average molecular weight is 314 g/mol. The van der Waals surface area contributed by atoms with E-state index in [1.54, 1.807) is 19.1 Å². The second-order valence-electron chi connectivity index (χ2n) is 5.86. The number of aromatic nitrogens is 3. The zero-order chi connectivity index (χ0) is 16.4. The molecule has 2 aromatic rings. The van der Waals surface area contributed by atoms with Crippen molar-refractivity contribution in [1.82, 2.24) is 15.0 Å². The second-order valence-corrected chi connectivity index (χ2v) is 5.86. The molecule has 0 atom stereocenters. The van der Waals surface area contributed by atoms with Crippen molar-refractivity contribution in [1.29, 1.82) is 0 Å². The summed E-state index contributed by atoms with van der Waals surface area (Å²) in [6.07, 6.45) is 6.42. The molecular formula is C17H19FN4O. The molecule has 1 heterocycles. The highest BCUT2D eigenvalue weighted by Gasteiger charge is 2.23. The van der Waals surface area contributed by atoms with E-state index in [0.29, 0.717) is 11.7 Å². The summed E-state index contributed by atoms with van der Waals surface area (Å²) in [7, 11) is 0. The minimum Gasteiger partial charge on any atom is -0.300 e. The molecule has 120 valence electrons. The predicted molar refractivity (Wildman–Crippen MR) is 85.4 cm³/mol. The fourth-order valence-electron chi connectivity index (χ4n) is 2.60. The smallest absolute Gasteiger partial charge is 0.250 e. The third-order valence-corrected chi connectivity index (χ3v) is 4.16. The molecule has 0 aliphatic heterocycles. The molecule has 1 fully saturated rings. The highest BCUT2D eigenvalue weighted by molar-refractivity contribution is 6.01. The molecule has 0 unspecified atom stereocenters. The van der Waals surface area contributed by atoms with E-state index in [1.165, 1.54) is 23.5 Å². The van der Waals surface area contributed by atoms with Gasteiger partial charge in [0.1, 0.15) is 11.5 Å². The molecule has 1 amide bonds. The van der Waals surface area contributed by atoms with Gasteiger partial charge < -0.3 is 0 Å².